The maximum absolute atomic E-state index is 14.0. The summed E-state index contributed by atoms with van der Waals surface area (Å²) in [6, 6.07) is 0. The third-order valence-electron chi connectivity index (χ3n) is 11.2. The van der Waals surface area contributed by atoms with Gasteiger partial charge in [-0.1, -0.05) is 66.2 Å². The Kier molecular flexibility index (Phi) is 9.61. The van der Waals surface area contributed by atoms with E-state index in [1.807, 2.05) is 0 Å². The number of esters is 1. The van der Waals surface area contributed by atoms with Gasteiger partial charge in [-0.15, -0.1) is 0 Å². The molecule has 3 atom stereocenters. The molecule has 0 N–H and O–H groups in total. The smallest absolute Gasteiger partial charge is 0.312 e. The molecule has 3 unspecified atom stereocenters. The highest BCUT2D eigenvalue weighted by molar-refractivity contribution is 5.77. The molecule has 0 aromatic heterocycles. The maximum Gasteiger partial charge on any atom is 0.312 e. The third kappa shape index (κ3) is 6.92. The zero-order valence-corrected chi connectivity index (χ0v) is 26.3. The van der Waals surface area contributed by atoms with E-state index in [2.05, 4.69) is 34.6 Å². The fourth-order valence-corrected chi connectivity index (χ4v) is 9.30. The largest absolute Gasteiger partial charge is 0.458 e. The lowest BCUT2D eigenvalue weighted by molar-refractivity contribution is -0.315. The summed E-state index contributed by atoms with van der Waals surface area (Å²) in [5, 5.41) is 0. The molecule has 0 saturated heterocycles. The summed E-state index contributed by atoms with van der Waals surface area (Å²) in [6.45, 7) is 11.5. The minimum absolute atomic E-state index is 0.0413. The molecule has 6 fully saturated rings. The summed E-state index contributed by atoms with van der Waals surface area (Å²) in [4.78, 5) is 14.0. The second kappa shape index (κ2) is 12.5. The zero-order valence-electron chi connectivity index (χ0n) is 26.3. The number of hydrogen-bond acceptors (Lipinski definition) is 6. The van der Waals surface area contributed by atoms with Gasteiger partial charge in [0.2, 0.25) is 0 Å². The number of ether oxygens (including phenoxy) is 5. The Balaban J connectivity index is 1.32. The molecule has 6 saturated carbocycles. The normalized spacial score (nSPS) is 36.3. The van der Waals surface area contributed by atoms with Crippen LogP contribution in [0.15, 0.2) is 0 Å². The molecular weight excluding hydrogens is 504 g/mol. The topological polar surface area (TPSA) is 63.2 Å². The quantitative estimate of drug-likeness (QED) is 0.167. The molecule has 230 valence electrons. The van der Waals surface area contributed by atoms with Crippen molar-refractivity contribution in [3.05, 3.63) is 0 Å². The highest BCUT2D eigenvalue weighted by Gasteiger charge is 2.67. The van der Waals surface area contributed by atoms with Gasteiger partial charge in [0.1, 0.15) is 19.2 Å². The van der Waals surface area contributed by atoms with Gasteiger partial charge in [0.25, 0.3) is 0 Å². The first-order valence-corrected chi connectivity index (χ1v) is 16.8. The SMILES string of the molecule is CC(C)CC(C)(C(=O)OC12CC3CC(OCOC4CCCCC4)(CC(OCOC4CCCCC4)(C3)C1)C2)C(C)C. The van der Waals surface area contributed by atoms with E-state index in [0.717, 1.165) is 70.6 Å². The summed E-state index contributed by atoms with van der Waals surface area (Å²) >= 11 is 0. The van der Waals surface area contributed by atoms with Gasteiger partial charge in [0, 0.05) is 19.3 Å². The van der Waals surface area contributed by atoms with E-state index in [1.165, 1.54) is 38.5 Å². The van der Waals surface area contributed by atoms with Crippen LogP contribution in [0.3, 0.4) is 0 Å². The Morgan fingerprint density at radius 3 is 1.62 bits per heavy atom. The second-order valence-corrected chi connectivity index (χ2v) is 15.5. The van der Waals surface area contributed by atoms with Crippen LogP contribution in [0.2, 0.25) is 0 Å². The van der Waals surface area contributed by atoms with Gasteiger partial charge in [0.05, 0.1) is 28.8 Å². The van der Waals surface area contributed by atoms with Crippen LogP contribution in [0.4, 0.5) is 0 Å². The van der Waals surface area contributed by atoms with Gasteiger partial charge in [-0.3, -0.25) is 4.79 Å². The number of carbonyl (C=O) groups excluding carboxylic acids is 1. The lowest BCUT2D eigenvalue weighted by Gasteiger charge is -2.64. The van der Waals surface area contributed by atoms with Gasteiger partial charge < -0.3 is 23.7 Å². The van der Waals surface area contributed by atoms with E-state index in [4.69, 9.17) is 23.7 Å². The lowest BCUT2D eigenvalue weighted by atomic mass is 9.50. The molecule has 6 rings (SSSR count). The van der Waals surface area contributed by atoms with E-state index in [1.54, 1.807) is 0 Å². The molecule has 6 nitrogen and oxygen atoms in total. The van der Waals surface area contributed by atoms with Gasteiger partial charge in [-0.25, -0.2) is 0 Å². The molecule has 0 aliphatic heterocycles. The number of carbonyl (C=O) groups is 1. The Morgan fingerprint density at radius 1 is 0.725 bits per heavy atom. The molecule has 4 bridgehead atoms. The Morgan fingerprint density at radius 2 is 1.18 bits per heavy atom. The summed E-state index contributed by atoms with van der Waals surface area (Å²) in [6.07, 6.45) is 18.9. The van der Waals surface area contributed by atoms with Crippen molar-refractivity contribution in [1.29, 1.82) is 0 Å². The molecule has 0 spiro atoms. The fraction of sp³-hybridized carbons (Fsp3) is 0.971. The molecule has 0 aromatic carbocycles. The summed E-state index contributed by atoms with van der Waals surface area (Å²) in [5.74, 6) is 1.01. The van der Waals surface area contributed by atoms with Crippen molar-refractivity contribution in [3.63, 3.8) is 0 Å². The first kappa shape index (κ1) is 30.8. The third-order valence-corrected chi connectivity index (χ3v) is 11.2. The maximum atomic E-state index is 14.0. The highest BCUT2D eigenvalue weighted by Crippen LogP contribution is 2.63. The van der Waals surface area contributed by atoms with E-state index in [9.17, 15) is 4.79 Å². The van der Waals surface area contributed by atoms with Crippen molar-refractivity contribution >= 4 is 5.97 Å². The summed E-state index contributed by atoms with van der Waals surface area (Å²) in [7, 11) is 0. The minimum atomic E-state index is -0.542. The molecule has 6 aliphatic carbocycles. The predicted molar refractivity (Wildman–Crippen MR) is 156 cm³/mol. The van der Waals surface area contributed by atoms with Crippen LogP contribution in [0.5, 0.6) is 0 Å². The number of hydrogen-bond donors (Lipinski definition) is 0. The van der Waals surface area contributed by atoms with Gasteiger partial charge in [-0.05, 0) is 76.0 Å². The first-order chi connectivity index (χ1) is 19.1. The molecule has 0 radical (unpaired) electrons. The monoisotopic (exact) mass is 562 g/mol. The van der Waals surface area contributed by atoms with Crippen LogP contribution in [-0.4, -0.2) is 48.6 Å². The molecule has 40 heavy (non-hydrogen) atoms. The Bertz CT molecular complexity index is 803. The molecule has 6 heteroatoms. The van der Waals surface area contributed by atoms with E-state index in [0.29, 0.717) is 37.6 Å². The average molecular weight is 563 g/mol. The fourth-order valence-electron chi connectivity index (χ4n) is 9.30. The van der Waals surface area contributed by atoms with Crippen molar-refractivity contribution in [3.8, 4) is 0 Å². The van der Waals surface area contributed by atoms with Crippen molar-refractivity contribution in [2.45, 2.75) is 173 Å². The number of rotatable bonds is 13. The Hall–Kier alpha value is -0.690. The van der Waals surface area contributed by atoms with Crippen molar-refractivity contribution in [2.75, 3.05) is 13.6 Å². The highest BCUT2D eigenvalue weighted by atomic mass is 16.7. The molecule has 6 aliphatic rings. The van der Waals surface area contributed by atoms with Crippen molar-refractivity contribution in [2.24, 2.45) is 23.2 Å². The summed E-state index contributed by atoms with van der Waals surface area (Å²) < 4.78 is 32.7. The van der Waals surface area contributed by atoms with Gasteiger partial charge in [0.15, 0.2) is 0 Å². The van der Waals surface area contributed by atoms with Crippen molar-refractivity contribution in [1.82, 2.24) is 0 Å². The predicted octanol–water partition coefficient (Wildman–Crippen LogP) is 8.10. The average Bonchev–Trinajstić information content (AvgIpc) is 2.88. The van der Waals surface area contributed by atoms with E-state index in [-0.39, 0.29) is 23.1 Å². The standard InChI is InChI=1S/C34H58O6/c1-25(2)16-31(5,26(3)4)30(35)40-34-19-27-17-32(21-34,38-23-36-28-12-8-6-9-13-28)20-33(18-27,22-34)39-24-37-29-14-10-7-11-15-29/h25-29H,6-24H2,1-5H3. The van der Waals surface area contributed by atoms with Crippen LogP contribution in [0.25, 0.3) is 0 Å². The van der Waals surface area contributed by atoms with E-state index >= 15 is 0 Å². The van der Waals surface area contributed by atoms with Gasteiger partial charge >= 0.3 is 5.97 Å². The first-order valence-electron chi connectivity index (χ1n) is 16.8. The molecular formula is C34H58O6. The molecule has 0 amide bonds. The van der Waals surface area contributed by atoms with Crippen LogP contribution < -0.4 is 0 Å². The second-order valence-electron chi connectivity index (χ2n) is 15.5. The van der Waals surface area contributed by atoms with Crippen LogP contribution in [0.1, 0.15) is 144 Å². The summed E-state index contributed by atoms with van der Waals surface area (Å²) in [5.41, 5.74) is -1.79. The lowest BCUT2D eigenvalue weighted by Crippen LogP contribution is -2.69. The molecule has 0 aromatic rings. The molecule has 0 heterocycles. The van der Waals surface area contributed by atoms with Gasteiger partial charge in [-0.2, -0.15) is 0 Å². The Labute approximate surface area is 243 Å². The van der Waals surface area contributed by atoms with E-state index < -0.39 is 11.0 Å². The minimum Gasteiger partial charge on any atom is -0.458 e. The van der Waals surface area contributed by atoms with Crippen molar-refractivity contribution < 1.29 is 28.5 Å². The van der Waals surface area contributed by atoms with Crippen LogP contribution in [0, 0.1) is 23.2 Å². The van der Waals surface area contributed by atoms with Crippen LogP contribution in [-0.2, 0) is 28.5 Å². The zero-order chi connectivity index (χ0) is 28.4. The van der Waals surface area contributed by atoms with Crippen LogP contribution >= 0.6 is 0 Å².